The lowest BCUT2D eigenvalue weighted by Gasteiger charge is -1.83. The predicted molar refractivity (Wildman–Crippen MR) is 45.7 cm³/mol. The Morgan fingerprint density at radius 2 is 2.27 bits per heavy atom. The summed E-state index contributed by atoms with van der Waals surface area (Å²) < 4.78 is 4.17. The molecule has 0 fully saturated rings. The Balaban J connectivity index is 0. The molecule has 0 saturated heterocycles. The van der Waals surface area contributed by atoms with E-state index < -0.39 is 0 Å². The van der Waals surface area contributed by atoms with Crippen LogP contribution in [0.15, 0.2) is 12.8 Å². The molecule has 0 aliphatic heterocycles. The van der Waals surface area contributed by atoms with Crippen LogP contribution in [0.5, 0.6) is 0 Å². The van der Waals surface area contributed by atoms with Crippen LogP contribution in [0.3, 0.4) is 0 Å². The third-order valence-electron chi connectivity index (χ3n) is 0.603. The van der Waals surface area contributed by atoms with E-state index in [1.165, 1.54) is 6.92 Å². The van der Waals surface area contributed by atoms with Crippen molar-refractivity contribution in [3.05, 3.63) is 12.8 Å². The molecule has 0 aromatic rings. The minimum absolute atomic E-state index is 0.329. The molecule has 0 aromatic carbocycles. The van der Waals surface area contributed by atoms with Crippen LogP contribution >= 0.6 is 0 Å². The minimum Gasteiger partial charge on any atom is -0.435 e. The van der Waals surface area contributed by atoms with Gasteiger partial charge in [0.1, 0.15) is 0 Å². The van der Waals surface area contributed by atoms with E-state index in [1.54, 1.807) is 0 Å². The van der Waals surface area contributed by atoms with Crippen molar-refractivity contribution in [2.45, 2.75) is 27.2 Å². The molecule has 0 radical (unpaired) electrons. The Bertz CT molecular complexity index is 160. The number of carbonyl (C=O) groups is 1. The van der Waals surface area contributed by atoms with Gasteiger partial charge in [-0.3, -0.25) is 4.79 Å². The first kappa shape index (κ1) is 12.4. The Morgan fingerprint density at radius 1 is 1.73 bits per heavy atom. The first-order chi connectivity index (χ1) is 5.18. The van der Waals surface area contributed by atoms with Gasteiger partial charge in [0.15, 0.2) is 0 Å². The van der Waals surface area contributed by atoms with Gasteiger partial charge in [-0.15, -0.1) is 11.8 Å². The van der Waals surface area contributed by atoms with Gasteiger partial charge in [0.05, 0.1) is 6.26 Å². The third kappa shape index (κ3) is 28.3. The number of ether oxygens (including phenoxy) is 1. The summed E-state index contributed by atoms with van der Waals surface area (Å²) in [6, 6.07) is 0. The second-order valence-corrected chi connectivity index (χ2v) is 1.56. The molecule has 0 aliphatic carbocycles. The Morgan fingerprint density at radius 3 is 2.27 bits per heavy atom. The highest BCUT2D eigenvalue weighted by Crippen LogP contribution is 1.70. The normalized spacial score (nSPS) is 6.09. The Kier molecular flexibility index (Phi) is 13.1. The summed E-state index contributed by atoms with van der Waals surface area (Å²) in [5.74, 6) is 5.30. The summed E-state index contributed by atoms with van der Waals surface area (Å²) >= 11 is 0. The lowest BCUT2D eigenvalue weighted by molar-refractivity contribution is -0.135. The second-order valence-electron chi connectivity index (χ2n) is 1.56. The molecule has 62 valence electrons. The molecule has 11 heavy (non-hydrogen) atoms. The van der Waals surface area contributed by atoms with E-state index in [2.05, 4.69) is 23.2 Å². The van der Waals surface area contributed by atoms with Gasteiger partial charge in [0.25, 0.3) is 0 Å². The van der Waals surface area contributed by atoms with Crippen LogP contribution in [0.2, 0.25) is 0 Å². The quantitative estimate of drug-likeness (QED) is 0.328. The molecule has 0 spiro atoms. The molecule has 0 amide bonds. The van der Waals surface area contributed by atoms with Gasteiger partial charge in [0, 0.05) is 13.3 Å². The van der Waals surface area contributed by atoms with E-state index in [9.17, 15) is 4.79 Å². The topological polar surface area (TPSA) is 26.3 Å². The van der Waals surface area contributed by atoms with E-state index in [0.717, 1.165) is 12.7 Å². The van der Waals surface area contributed by atoms with Crippen LogP contribution in [0, 0.1) is 11.8 Å². The van der Waals surface area contributed by atoms with E-state index in [-0.39, 0.29) is 5.97 Å². The minimum atomic E-state index is -0.329. The average Bonchev–Trinajstić information content (AvgIpc) is 1.90. The van der Waals surface area contributed by atoms with Crippen molar-refractivity contribution < 1.29 is 9.53 Å². The van der Waals surface area contributed by atoms with Crippen LogP contribution in [-0.2, 0) is 9.53 Å². The summed E-state index contributed by atoms with van der Waals surface area (Å²) in [5.41, 5.74) is 0. The number of hydrogen-bond donors (Lipinski definition) is 0. The second kappa shape index (κ2) is 11.6. The van der Waals surface area contributed by atoms with Gasteiger partial charge < -0.3 is 4.74 Å². The molecular formula is C9H14O2. The fourth-order valence-corrected chi connectivity index (χ4v) is 0.294. The smallest absolute Gasteiger partial charge is 0.307 e. The number of esters is 1. The molecule has 0 heterocycles. The fourth-order valence-electron chi connectivity index (χ4n) is 0.294. The third-order valence-corrected chi connectivity index (χ3v) is 0.603. The van der Waals surface area contributed by atoms with Crippen LogP contribution in [0.25, 0.3) is 0 Å². The molecule has 0 aliphatic rings. The van der Waals surface area contributed by atoms with Crippen molar-refractivity contribution in [2.24, 2.45) is 0 Å². The van der Waals surface area contributed by atoms with E-state index in [0.29, 0.717) is 0 Å². The van der Waals surface area contributed by atoms with Crippen LogP contribution < -0.4 is 0 Å². The Labute approximate surface area is 68.2 Å². The molecule has 0 N–H and O–H groups in total. The monoisotopic (exact) mass is 154 g/mol. The number of rotatable bonds is 1. The van der Waals surface area contributed by atoms with Gasteiger partial charge in [0.2, 0.25) is 0 Å². The Hall–Kier alpha value is -1.23. The SMILES string of the molecule is C=COC(C)=O.CC#CCC. The number of carbonyl (C=O) groups excluding carboxylic acids is 1. The summed E-state index contributed by atoms with van der Waals surface area (Å²) in [6.07, 6.45) is 2.08. The molecule has 2 heteroatoms. The molecule has 2 nitrogen and oxygen atoms in total. The molecule has 0 bridgehead atoms. The molecule has 0 atom stereocenters. The van der Waals surface area contributed by atoms with Crippen molar-refractivity contribution >= 4 is 5.97 Å². The van der Waals surface area contributed by atoms with Crippen molar-refractivity contribution in [1.82, 2.24) is 0 Å². The largest absolute Gasteiger partial charge is 0.435 e. The predicted octanol–water partition coefficient (Wildman–Crippen LogP) is 2.11. The first-order valence-corrected chi connectivity index (χ1v) is 3.36. The van der Waals surface area contributed by atoms with Gasteiger partial charge in [-0.1, -0.05) is 13.5 Å². The van der Waals surface area contributed by atoms with E-state index in [4.69, 9.17) is 0 Å². The average molecular weight is 154 g/mol. The van der Waals surface area contributed by atoms with Crippen molar-refractivity contribution in [2.75, 3.05) is 0 Å². The molecule has 0 saturated carbocycles. The van der Waals surface area contributed by atoms with Gasteiger partial charge in [-0.25, -0.2) is 0 Å². The molecule has 0 aromatic heterocycles. The first-order valence-electron chi connectivity index (χ1n) is 3.36. The molecule has 0 unspecified atom stereocenters. The number of hydrogen-bond acceptors (Lipinski definition) is 2. The van der Waals surface area contributed by atoms with Gasteiger partial charge in [-0.2, -0.15) is 0 Å². The highest BCUT2D eigenvalue weighted by molar-refractivity contribution is 5.66. The zero-order valence-electron chi connectivity index (χ0n) is 7.31. The standard InChI is InChI=1S/C5H8.C4H6O2/c1-3-5-4-2;1-3-6-4(2)5/h3H2,1-2H3;3H,1H2,2H3. The van der Waals surface area contributed by atoms with Crippen LogP contribution in [-0.4, -0.2) is 5.97 Å². The maximum absolute atomic E-state index is 9.75. The zero-order valence-corrected chi connectivity index (χ0v) is 7.31. The van der Waals surface area contributed by atoms with Crippen LogP contribution in [0.4, 0.5) is 0 Å². The highest BCUT2D eigenvalue weighted by Gasteiger charge is 1.79. The van der Waals surface area contributed by atoms with Crippen molar-refractivity contribution in [1.29, 1.82) is 0 Å². The summed E-state index contributed by atoms with van der Waals surface area (Å²) in [6.45, 7) is 8.37. The lowest BCUT2D eigenvalue weighted by atomic mass is 10.5. The summed E-state index contributed by atoms with van der Waals surface area (Å²) in [7, 11) is 0. The van der Waals surface area contributed by atoms with Crippen LogP contribution in [0.1, 0.15) is 27.2 Å². The molecular weight excluding hydrogens is 140 g/mol. The summed E-state index contributed by atoms with van der Waals surface area (Å²) in [4.78, 5) is 9.75. The van der Waals surface area contributed by atoms with Gasteiger partial charge >= 0.3 is 5.97 Å². The fraction of sp³-hybridized carbons (Fsp3) is 0.444. The van der Waals surface area contributed by atoms with Crippen molar-refractivity contribution in [3.8, 4) is 11.8 Å². The molecule has 0 rings (SSSR count). The zero-order chi connectivity index (χ0) is 9.11. The maximum atomic E-state index is 9.75. The summed E-state index contributed by atoms with van der Waals surface area (Å²) in [5, 5.41) is 0. The highest BCUT2D eigenvalue weighted by atomic mass is 16.5. The van der Waals surface area contributed by atoms with E-state index >= 15 is 0 Å². The maximum Gasteiger partial charge on any atom is 0.307 e. The van der Waals surface area contributed by atoms with E-state index in [1.807, 2.05) is 13.8 Å². The van der Waals surface area contributed by atoms with Crippen molar-refractivity contribution in [3.63, 3.8) is 0 Å². The van der Waals surface area contributed by atoms with Gasteiger partial charge in [-0.05, 0) is 6.92 Å². The lowest BCUT2D eigenvalue weighted by Crippen LogP contribution is -1.87.